The van der Waals surface area contributed by atoms with E-state index in [1.54, 1.807) is 9.80 Å². The summed E-state index contributed by atoms with van der Waals surface area (Å²) in [5.41, 5.74) is 0. The predicted molar refractivity (Wildman–Crippen MR) is 149 cm³/mol. The number of aliphatic carboxylic acids is 2. The Morgan fingerprint density at radius 3 is 0.917 bits per heavy atom. The Balaban J connectivity index is -0.000000459. The van der Waals surface area contributed by atoms with Gasteiger partial charge in [-0.3, -0.25) is 0 Å². The first-order valence-electron chi connectivity index (χ1n) is 15.1. The Labute approximate surface area is 225 Å². The second-order valence-corrected chi connectivity index (χ2v) is 10.8. The molecule has 0 fully saturated rings. The van der Waals surface area contributed by atoms with Gasteiger partial charge in [0.1, 0.15) is 0 Å². The predicted octanol–water partition coefficient (Wildman–Crippen LogP) is 2.59. The van der Waals surface area contributed by atoms with Crippen LogP contribution in [0, 0.1) is 0 Å². The van der Waals surface area contributed by atoms with E-state index < -0.39 is 11.9 Å². The molecule has 0 atom stereocenters. The Morgan fingerprint density at radius 1 is 0.444 bits per heavy atom. The van der Waals surface area contributed by atoms with Crippen LogP contribution >= 0.6 is 0 Å². The van der Waals surface area contributed by atoms with Crippen LogP contribution in [-0.4, -0.2) is 53.2 Å². The summed E-state index contributed by atoms with van der Waals surface area (Å²) in [6, 6.07) is 0. The van der Waals surface area contributed by atoms with Crippen LogP contribution in [0.15, 0.2) is 0 Å². The molecule has 0 aliphatic heterocycles. The highest BCUT2D eigenvalue weighted by Gasteiger charge is 1.95. The molecular formula is C30H64N2O4. The summed E-state index contributed by atoms with van der Waals surface area (Å²) in [4.78, 5) is 22.7. The van der Waals surface area contributed by atoms with Gasteiger partial charge in [-0.05, 0) is 51.4 Å². The number of carbonyl (C=O) groups excluding carboxylic acids is 2. The summed E-state index contributed by atoms with van der Waals surface area (Å²) >= 11 is 0. The minimum Gasteiger partial charge on any atom is -0.550 e. The second-order valence-electron chi connectivity index (χ2n) is 10.8. The molecule has 36 heavy (non-hydrogen) atoms. The van der Waals surface area contributed by atoms with E-state index in [1.807, 2.05) is 0 Å². The van der Waals surface area contributed by atoms with E-state index >= 15 is 0 Å². The summed E-state index contributed by atoms with van der Waals surface area (Å²) in [7, 11) is 8.95. The van der Waals surface area contributed by atoms with Crippen LogP contribution in [0.3, 0.4) is 0 Å². The van der Waals surface area contributed by atoms with Gasteiger partial charge >= 0.3 is 0 Å². The van der Waals surface area contributed by atoms with Crippen molar-refractivity contribution in [1.29, 1.82) is 0 Å². The van der Waals surface area contributed by atoms with Gasteiger partial charge in [0.05, 0.1) is 41.3 Å². The fourth-order valence-electron chi connectivity index (χ4n) is 3.76. The number of hydrogen-bond acceptors (Lipinski definition) is 4. The van der Waals surface area contributed by atoms with Crippen molar-refractivity contribution >= 4 is 11.9 Å². The lowest BCUT2D eigenvalue weighted by atomic mass is 10.1. The number of nitrogens with one attached hydrogen (secondary N) is 2. The lowest BCUT2D eigenvalue weighted by Gasteiger charge is -2.06. The van der Waals surface area contributed by atoms with Crippen LogP contribution in [-0.2, 0) is 9.59 Å². The highest BCUT2D eigenvalue weighted by atomic mass is 16.4. The molecule has 0 radical (unpaired) electrons. The number of carboxylic acid groups (broad SMARTS) is 2. The van der Waals surface area contributed by atoms with Gasteiger partial charge in [0.2, 0.25) is 0 Å². The van der Waals surface area contributed by atoms with E-state index in [1.165, 1.54) is 116 Å². The summed E-state index contributed by atoms with van der Waals surface area (Å²) in [5.74, 6) is -2.28. The fourth-order valence-corrected chi connectivity index (χ4v) is 3.76. The van der Waals surface area contributed by atoms with Crippen molar-refractivity contribution in [3.8, 4) is 0 Å². The van der Waals surface area contributed by atoms with Crippen LogP contribution in [0.5, 0.6) is 0 Å². The van der Waals surface area contributed by atoms with Gasteiger partial charge in [-0.2, -0.15) is 0 Å². The quantitative estimate of drug-likeness (QED) is 0.204. The summed E-state index contributed by atoms with van der Waals surface area (Å²) in [6.07, 6.45) is 23.5. The van der Waals surface area contributed by atoms with E-state index in [-0.39, 0.29) is 12.8 Å². The average molecular weight is 517 g/mol. The third-order valence-corrected chi connectivity index (χ3v) is 6.07. The number of hydrogen-bond donors (Lipinski definition) is 2. The molecule has 6 heteroatoms. The Kier molecular flexibility index (Phi) is 37.0. The van der Waals surface area contributed by atoms with E-state index in [0.717, 1.165) is 0 Å². The van der Waals surface area contributed by atoms with Crippen LogP contribution in [0.4, 0.5) is 0 Å². The van der Waals surface area contributed by atoms with Crippen LogP contribution in [0.2, 0.25) is 0 Å². The van der Waals surface area contributed by atoms with Crippen molar-refractivity contribution in [2.75, 3.05) is 41.3 Å². The number of carbonyl (C=O) groups is 2. The van der Waals surface area contributed by atoms with E-state index in [2.05, 4.69) is 42.0 Å². The van der Waals surface area contributed by atoms with Crippen molar-refractivity contribution in [1.82, 2.24) is 0 Å². The molecule has 218 valence electrons. The van der Waals surface area contributed by atoms with Crippen molar-refractivity contribution < 1.29 is 29.6 Å². The molecule has 0 aliphatic carbocycles. The van der Waals surface area contributed by atoms with E-state index in [9.17, 15) is 19.8 Å². The van der Waals surface area contributed by atoms with Crippen molar-refractivity contribution in [2.45, 2.75) is 142 Å². The standard InChI is InChI=1S/2C12H27N.C6H10O4/c2*1-4-5-6-7-8-9-10-11-12-13(2)3;7-5(8)3-1-2-4-6(9)10/h2*4-12H2,1-3H3;1-4H2,(H,7,8)(H,9,10). The number of unbranched alkanes of at least 4 members (excludes halogenated alkanes) is 15. The molecule has 0 heterocycles. The van der Waals surface area contributed by atoms with Gasteiger partial charge < -0.3 is 29.6 Å². The molecule has 0 aromatic rings. The zero-order chi connectivity index (χ0) is 27.9. The lowest BCUT2D eigenvalue weighted by molar-refractivity contribution is -0.858. The maximum absolute atomic E-state index is 9.77. The monoisotopic (exact) mass is 516 g/mol. The molecule has 0 aromatic heterocycles. The molecule has 0 aliphatic rings. The molecule has 0 bridgehead atoms. The van der Waals surface area contributed by atoms with E-state index in [0.29, 0.717) is 12.8 Å². The summed E-state index contributed by atoms with van der Waals surface area (Å²) in [6.45, 7) is 7.24. The topological polar surface area (TPSA) is 89.1 Å². The fraction of sp³-hybridized carbons (Fsp3) is 0.933. The van der Waals surface area contributed by atoms with Crippen LogP contribution in [0.1, 0.15) is 142 Å². The Bertz CT molecular complexity index is 403. The maximum atomic E-state index is 9.77. The molecule has 2 N–H and O–H groups in total. The zero-order valence-electron chi connectivity index (χ0n) is 25.2. The molecule has 0 spiro atoms. The SMILES string of the molecule is CCCCCCCCCC[NH+](C)C.CCCCCCCCCC[NH+](C)C.O=C([O-])CCCCC(=O)[O-]. The van der Waals surface area contributed by atoms with Crippen LogP contribution < -0.4 is 20.0 Å². The van der Waals surface area contributed by atoms with Gasteiger partial charge in [0, 0.05) is 11.9 Å². The zero-order valence-corrected chi connectivity index (χ0v) is 25.2. The third kappa shape index (κ3) is 49.9. The summed E-state index contributed by atoms with van der Waals surface area (Å²) < 4.78 is 0. The maximum Gasteiger partial charge on any atom is 0.0766 e. The van der Waals surface area contributed by atoms with E-state index in [4.69, 9.17) is 0 Å². The lowest BCUT2D eigenvalue weighted by Crippen LogP contribution is -3.05. The molecule has 6 nitrogen and oxygen atoms in total. The number of quaternary nitrogens is 2. The second kappa shape index (κ2) is 33.9. The molecule has 0 amide bonds. The average Bonchev–Trinajstić information content (AvgIpc) is 2.80. The molecule has 0 rings (SSSR count). The minimum atomic E-state index is -1.14. The molecular weight excluding hydrogens is 452 g/mol. The number of rotatable bonds is 23. The van der Waals surface area contributed by atoms with Gasteiger partial charge in [-0.1, -0.05) is 90.9 Å². The van der Waals surface area contributed by atoms with Crippen molar-refractivity contribution in [3.05, 3.63) is 0 Å². The molecule has 0 aromatic carbocycles. The van der Waals surface area contributed by atoms with Crippen molar-refractivity contribution in [3.63, 3.8) is 0 Å². The van der Waals surface area contributed by atoms with Crippen molar-refractivity contribution in [2.24, 2.45) is 0 Å². The van der Waals surface area contributed by atoms with Gasteiger partial charge in [0.25, 0.3) is 0 Å². The third-order valence-electron chi connectivity index (χ3n) is 6.07. The molecule has 0 saturated heterocycles. The normalized spacial score (nSPS) is 10.6. The Hall–Kier alpha value is -1.14. The highest BCUT2D eigenvalue weighted by Crippen LogP contribution is 2.08. The summed E-state index contributed by atoms with van der Waals surface area (Å²) in [5, 5.41) is 19.5. The molecule has 0 unspecified atom stereocenters. The smallest absolute Gasteiger partial charge is 0.0766 e. The molecule has 0 saturated carbocycles. The van der Waals surface area contributed by atoms with Gasteiger partial charge in [-0.25, -0.2) is 0 Å². The largest absolute Gasteiger partial charge is 0.550 e. The Morgan fingerprint density at radius 2 is 0.694 bits per heavy atom. The van der Waals surface area contributed by atoms with Gasteiger partial charge in [0.15, 0.2) is 0 Å². The first-order chi connectivity index (χ1) is 17.2. The number of carboxylic acids is 2. The highest BCUT2D eigenvalue weighted by molar-refractivity contribution is 5.65. The first-order valence-corrected chi connectivity index (χ1v) is 15.1. The van der Waals surface area contributed by atoms with Gasteiger partial charge in [-0.15, -0.1) is 0 Å². The van der Waals surface area contributed by atoms with Crippen LogP contribution in [0.25, 0.3) is 0 Å². The first kappa shape index (κ1) is 39.4. The minimum absolute atomic E-state index is 0.0761.